The second kappa shape index (κ2) is 9.03. The third kappa shape index (κ3) is 3.97. The first-order chi connectivity index (χ1) is 17.1. The van der Waals surface area contributed by atoms with Gasteiger partial charge in [-0.1, -0.05) is 88.2 Å². The summed E-state index contributed by atoms with van der Waals surface area (Å²) in [6.07, 6.45) is 0.753. The molecule has 0 aliphatic carbocycles. The fourth-order valence-electron chi connectivity index (χ4n) is 5.10. The molecule has 1 aliphatic heterocycles. The van der Waals surface area contributed by atoms with E-state index in [-0.39, 0.29) is 11.9 Å². The Morgan fingerprint density at radius 1 is 0.857 bits per heavy atom. The van der Waals surface area contributed by atoms with E-state index in [0.717, 1.165) is 55.3 Å². The van der Waals surface area contributed by atoms with Crippen molar-refractivity contribution < 1.29 is 4.79 Å². The molecular formula is C30H22BrClN2O. The van der Waals surface area contributed by atoms with Gasteiger partial charge >= 0.3 is 0 Å². The highest BCUT2D eigenvalue weighted by Gasteiger charge is 2.39. The highest BCUT2D eigenvalue weighted by atomic mass is 79.9. The number of hydrogen-bond donors (Lipinski definition) is 1. The molecule has 0 spiro atoms. The monoisotopic (exact) mass is 540 g/mol. The molecule has 5 aromatic rings. The number of benzene rings is 4. The van der Waals surface area contributed by atoms with Crippen molar-refractivity contribution >= 4 is 44.3 Å². The van der Waals surface area contributed by atoms with Crippen LogP contribution in [0.5, 0.6) is 0 Å². The molecule has 1 unspecified atom stereocenters. The molecule has 0 saturated heterocycles. The summed E-state index contributed by atoms with van der Waals surface area (Å²) in [6, 6.07) is 32.4. The summed E-state index contributed by atoms with van der Waals surface area (Å²) < 4.78 is 1.03. The molecule has 3 nitrogen and oxygen atoms in total. The molecule has 1 amide bonds. The smallest absolute Gasteiger partial charge is 0.255 e. The van der Waals surface area contributed by atoms with Crippen LogP contribution in [0.25, 0.3) is 22.2 Å². The normalized spacial score (nSPS) is 15.1. The number of halogens is 2. The number of nitrogens with one attached hydrogen (secondary N) is 1. The van der Waals surface area contributed by atoms with Gasteiger partial charge in [0.1, 0.15) is 0 Å². The number of carbonyl (C=O) groups excluding carboxylic acids is 1. The second-order valence-corrected chi connectivity index (χ2v) is 10.2. The summed E-state index contributed by atoms with van der Waals surface area (Å²) in [5.41, 5.74) is 7.33. The van der Waals surface area contributed by atoms with E-state index < -0.39 is 0 Å². The second-order valence-electron chi connectivity index (χ2n) is 8.83. The lowest BCUT2D eigenvalue weighted by atomic mass is 9.93. The van der Waals surface area contributed by atoms with Crippen LogP contribution in [0, 0.1) is 0 Å². The summed E-state index contributed by atoms with van der Waals surface area (Å²) >= 11 is 9.64. The third-order valence-corrected chi connectivity index (χ3v) is 7.55. The number of aromatic amines is 1. The molecule has 0 bridgehead atoms. The number of rotatable bonds is 5. The van der Waals surface area contributed by atoms with Crippen LogP contribution in [0.4, 0.5) is 0 Å². The van der Waals surface area contributed by atoms with Gasteiger partial charge in [-0.2, -0.15) is 0 Å². The highest BCUT2D eigenvalue weighted by molar-refractivity contribution is 9.10. The van der Waals surface area contributed by atoms with Crippen LogP contribution < -0.4 is 0 Å². The topological polar surface area (TPSA) is 36.1 Å². The SMILES string of the molecule is O=C1c2ccccc2C(c2c(-c3ccc(Br)cc3)[nH]c3ccccc23)N1CCc1ccc(Cl)cc1. The minimum atomic E-state index is -0.180. The predicted molar refractivity (Wildman–Crippen MR) is 146 cm³/mol. The van der Waals surface area contributed by atoms with E-state index in [1.54, 1.807) is 0 Å². The summed E-state index contributed by atoms with van der Waals surface area (Å²) in [5, 5.41) is 1.85. The zero-order valence-electron chi connectivity index (χ0n) is 18.8. The standard InChI is InChI=1S/C30H22BrClN2O/c31-21-13-11-20(12-14-21)28-27(25-7-3-4-8-26(25)33-28)29-23-5-1-2-6-24(23)30(35)34(29)18-17-19-9-15-22(32)16-10-19/h1-16,29,33H,17-18H2. The fourth-order valence-corrected chi connectivity index (χ4v) is 5.49. The Balaban J connectivity index is 1.51. The van der Waals surface area contributed by atoms with E-state index in [2.05, 4.69) is 69.4 Å². The van der Waals surface area contributed by atoms with Gasteiger partial charge in [-0.3, -0.25) is 4.79 Å². The first kappa shape index (κ1) is 22.1. The Morgan fingerprint density at radius 2 is 1.57 bits per heavy atom. The maximum absolute atomic E-state index is 13.7. The number of hydrogen-bond acceptors (Lipinski definition) is 1. The lowest BCUT2D eigenvalue weighted by Gasteiger charge is -2.27. The molecule has 1 N–H and O–H groups in total. The fraction of sp³-hybridized carbons (Fsp3) is 0.100. The maximum Gasteiger partial charge on any atom is 0.255 e. The van der Waals surface area contributed by atoms with Crippen LogP contribution in [0.1, 0.15) is 33.1 Å². The molecule has 1 atom stereocenters. The number of aromatic nitrogens is 1. The number of carbonyl (C=O) groups is 1. The molecule has 2 heterocycles. The summed E-state index contributed by atoms with van der Waals surface area (Å²) in [5.74, 6) is 0.0756. The molecule has 0 radical (unpaired) electrons. The van der Waals surface area contributed by atoms with Crippen molar-refractivity contribution in [1.29, 1.82) is 0 Å². The molecular weight excluding hydrogens is 520 g/mol. The van der Waals surface area contributed by atoms with Gasteiger partial charge in [0.15, 0.2) is 0 Å². The van der Waals surface area contributed by atoms with E-state index in [0.29, 0.717) is 11.6 Å². The van der Waals surface area contributed by atoms with Gasteiger partial charge in [-0.15, -0.1) is 0 Å². The van der Waals surface area contributed by atoms with Crippen LogP contribution in [0.3, 0.4) is 0 Å². The van der Waals surface area contributed by atoms with Crippen LogP contribution in [-0.2, 0) is 6.42 Å². The lowest BCUT2D eigenvalue weighted by Crippen LogP contribution is -2.31. The molecule has 0 fully saturated rings. The number of amides is 1. The molecule has 1 aliphatic rings. The molecule has 35 heavy (non-hydrogen) atoms. The minimum Gasteiger partial charge on any atom is -0.354 e. The van der Waals surface area contributed by atoms with Gasteiger partial charge < -0.3 is 9.88 Å². The first-order valence-electron chi connectivity index (χ1n) is 11.6. The zero-order chi connectivity index (χ0) is 23.9. The minimum absolute atomic E-state index is 0.0756. The van der Waals surface area contributed by atoms with Gasteiger partial charge in [-0.25, -0.2) is 0 Å². The number of fused-ring (bicyclic) bond motifs is 2. The van der Waals surface area contributed by atoms with Crippen LogP contribution in [0.2, 0.25) is 5.02 Å². The molecule has 6 rings (SSSR count). The Hall–Kier alpha value is -3.34. The third-order valence-electron chi connectivity index (χ3n) is 6.77. The van der Waals surface area contributed by atoms with Crippen LogP contribution in [-0.4, -0.2) is 22.3 Å². The first-order valence-corrected chi connectivity index (χ1v) is 12.8. The summed E-state index contributed by atoms with van der Waals surface area (Å²) in [6.45, 7) is 0.610. The maximum atomic E-state index is 13.7. The van der Waals surface area contributed by atoms with Gasteiger partial charge in [0.05, 0.1) is 11.7 Å². The number of nitrogens with zero attached hydrogens (tertiary/aromatic N) is 1. The highest BCUT2D eigenvalue weighted by Crippen LogP contribution is 2.45. The van der Waals surface area contributed by atoms with Crippen LogP contribution >= 0.6 is 27.5 Å². The summed E-state index contributed by atoms with van der Waals surface area (Å²) in [4.78, 5) is 19.4. The molecule has 5 heteroatoms. The lowest BCUT2D eigenvalue weighted by molar-refractivity contribution is 0.0753. The zero-order valence-corrected chi connectivity index (χ0v) is 21.2. The Labute approximate surface area is 217 Å². The van der Waals surface area contributed by atoms with Crippen molar-refractivity contribution in [3.05, 3.63) is 129 Å². The average Bonchev–Trinajstić information content (AvgIpc) is 3.39. The number of para-hydroxylation sites is 1. The van der Waals surface area contributed by atoms with Crippen molar-refractivity contribution in [2.75, 3.05) is 6.54 Å². The van der Waals surface area contributed by atoms with Crippen LogP contribution in [0.15, 0.2) is 102 Å². The van der Waals surface area contributed by atoms with Crippen molar-refractivity contribution in [3.63, 3.8) is 0 Å². The molecule has 1 aromatic heterocycles. The average molecular weight is 542 g/mol. The van der Waals surface area contributed by atoms with Crippen molar-refractivity contribution in [2.45, 2.75) is 12.5 Å². The van der Waals surface area contributed by atoms with E-state index >= 15 is 0 Å². The molecule has 0 saturated carbocycles. The van der Waals surface area contributed by atoms with Gasteiger partial charge in [0.25, 0.3) is 5.91 Å². The van der Waals surface area contributed by atoms with E-state index in [4.69, 9.17) is 11.6 Å². The van der Waals surface area contributed by atoms with E-state index in [1.807, 2.05) is 53.4 Å². The predicted octanol–water partition coefficient (Wildman–Crippen LogP) is 8.04. The van der Waals surface area contributed by atoms with Crippen molar-refractivity contribution in [1.82, 2.24) is 9.88 Å². The van der Waals surface area contributed by atoms with E-state index in [9.17, 15) is 4.79 Å². The quantitative estimate of drug-likeness (QED) is 0.240. The van der Waals surface area contributed by atoms with Gasteiger partial charge in [0, 0.05) is 38.1 Å². The van der Waals surface area contributed by atoms with Crippen molar-refractivity contribution in [3.8, 4) is 11.3 Å². The van der Waals surface area contributed by atoms with Crippen molar-refractivity contribution in [2.24, 2.45) is 0 Å². The van der Waals surface area contributed by atoms with E-state index in [1.165, 1.54) is 0 Å². The largest absolute Gasteiger partial charge is 0.354 e. The molecule has 4 aromatic carbocycles. The Kier molecular flexibility index (Phi) is 5.71. The summed E-state index contributed by atoms with van der Waals surface area (Å²) in [7, 11) is 0. The van der Waals surface area contributed by atoms with Gasteiger partial charge in [-0.05, 0) is 59.5 Å². The Morgan fingerprint density at radius 3 is 2.37 bits per heavy atom. The number of H-pyrrole nitrogens is 1. The molecule has 172 valence electrons. The Bertz CT molecular complexity index is 1540. The van der Waals surface area contributed by atoms with Gasteiger partial charge in [0.2, 0.25) is 0 Å².